The van der Waals surface area contributed by atoms with Crippen LogP contribution in [0.15, 0.2) is 70.4 Å². The Bertz CT molecular complexity index is 1600. The molecule has 3 aromatic rings. The van der Waals surface area contributed by atoms with Crippen LogP contribution in [0.25, 0.3) is 17.0 Å². The van der Waals surface area contributed by atoms with Crippen molar-refractivity contribution in [2.45, 2.75) is 6.54 Å². The average Bonchev–Trinajstić information content (AvgIpc) is 3.44. The molecule has 0 saturated heterocycles. The van der Waals surface area contributed by atoms with Crippen LogP contribution in [-0.4, -0.2) is 59.3 Å². The maximum atomic E-state index is 12.8. The predicted octanol–water partition coefficient (Wildman–Crippen LogP) is 3.35. The number of aliphatic imine (C=N–C) groups is 1. The first-order valence-corrected chi connectivity index (χ1v) is 13.5. The van der Waals surface area contributed by atoms with Crippen molar-refractivity contribution in [3.63, 3.8) is 0 Å². The van der Waals surface area contributed by atoms with Crippen LogP contribution in [0, 0.1) is 5.41 Å². The number of hydrogen-bond donors (Lipinski definition) is 1. The van der Waals surface area contributed by atoms with E-state index in [0.717, 1.165) is 33.9 Å². The van der Waals surface area contributed by atoms with Gasteiger partial charge in [0, 0.05) is 28.9 Å². The molecule has 1 amide bonds. The lowest BCUT2D eigenvalue weighted by Crippen LogP contribution is -2.35. The molecule has 2 aliphatic rings. The van der Waals surface area contributed by atoms with Crippen molar-refractivity contribution >= 4 is 59.9 Å². The number of amidine groups is 2. The highest BCUT2D eigenvalue weighted by Crippen LogP contribution is 2.31. The highest BCUT2D eigenvalue weighted by atomic mass is 32.3. The van der Waals surface area contributed by atoms with Crippen LogP contribution in [0.5, 0.6) is 11.5 Å². The van der Waals surface area contributed by atoms with E-state index in [-0.39, 0.29) is 21.0 Å². The summed E-state index contributed by atoms with van der Waals surface area (Å²) in [6.45, 7) is 0.908. The zero-order valence-electron chi connectivity index (χ0n) is 19.3. The minimum absolute atomic E-state index is 0.0195. The number of aromatic nitrogens is 1. The Balaban J connectivity index is 1.44. The molecule has 1 N–H and O–H groups in total. The van der Waals surface area contributed by atoms with Crippen LogP contribution in [0.4, 0.5) is 0 Å². The number of nitrogens with zero attached hydrogens (tertiary/aromatic N) is 4. The molecule has 0 bridgehead atoms. The van der Waals surface area contributed by atoms with E-state index in [1.165, 1.54) is 0 Å². The molecule has 0 spiro atoms. The summed E-state index contributed by atoms with van der Waals surface area (Å²) in [5, 5.41) is 14.5. The van der Waals surface area contributed by atoms with Crippen molar-refractivity contribution in [1.82, 2.24) is 9.58 Å². The summed E-state index contributed by atoms with van der Waals surface area (Å²) in [6.07, 6.45) is 4.49. The summed E-state index contributed by atoms with van der Waals surface area (Å²) < 4.78 is 36.8. The molecule has 2 aliphatic heterocycles. The number of carbonyl (C=O) groups is 1. The van der Waals surface area contributed by atoms with E-state index in [0.29, 0.717) is 30.2 Å². The van der Waals surface area contributed by atoms with Crippen molar-refractivity contribution < 1.29 is 22.7 Å². The fourth-order valence-electron chi connectivity index (χ4n) is 3.85. The number of ether oxygens (including phenoxy) is 2. The van der Waals surface area contributed by atoms with Gasteiger partial charge in [0.25, 0.3) is 5.91 Å². The second kappa shape index (κ2) is 9.28. The number of hydrazone groups is 1. The molecule has 3 heterocycles. The third-order valence-corrected chi connectivity index (χ3v) is 8.11. The van der Waals surface area contributed by atoms with Crippen molar-refractivity contribution in [3.05, 3.63) is 65.9 Å². The number of methoxy groups -OCH3 is 1. The van der Waals surface area contributed by atoms with Gasteiger partial charge in [0.05, 0.1) is 19.2 Å². The molecule has 0 atom stereocenters. The first kappa shape index (κ1) is 23.8. The molecule has 0 saturated carbocycles. The van der Waals surface area contributed by atoms with Gasteiger partial charge in [-0.15, -0.1) is 5.10 Å². The Morgan fingerprint density at radius 2 is 1.83 bits per heavy atom. The number of benzene rings is 2. The van der Waals surface area contributed by atoms with Gasteiger partial charge < -0.3 is 14.0 Å². The fraction of sp³-hybridized carbons (Fsp3) is 0.167. The Labute approximate surface area is 211 Å². The van der Waals surface area contributed by atoms with Crippen molar-refractivity contribution in [1.29, 1.82) is 5.41 Å². The number of thioether (sulfide) groups is 1. The zero-order valence-corrected chi connectivity index (χ0v) is 21.0. The Morgan fingerprint density at radius 1 is 1.11 bits per heavy atom. The lowest BCUT2D eigenvalue weighted by Gasteiger charge is -2.19. The molecule has 10 nitrogen and oxygen atoms in total. The van der Waals surface area contributed by atoms with Gasteiger partial charge in [-0.25, -0.2) is 8.42 Å². The summed E-state index contributed by atoms with van der Waals surface area (Å²) in [5.74, 6) is 0.440. The first-order chi connectivity index (χ1) is 17.3. The molecular formula is C24H21N5O5S2. The third-order valence-electron chi connectivity index (χ3n) is 5.53. The van der Waals surface area contributed by atoms with Crippen LogP contribution in [-0.2, 0) is 21.2 Å². The number of amides is 1. The number of nitrogens with one attached hydrogen (secondary N) is 1. The normalized spacial score (nSPS) is 16.8. The number of sulfone groups is 1. The highest BCUT2D eigenvalue weighted by molar-refractivity contribution is 8.42. The van der Waals surface area contributed by atoms with Crippen LogP contribution in [0.2, 0.25) is 0 Å². The maximum absolute atomic E-state index is 12.8. The topological polar surface area (TPSA) is 126 Å². The largest absolute Gasteiger partial charge is 0.493 e. The average molecular weight is 524 g/mol. The third kappa shape index (κ3) is 4.40. The first-order valence-electron chi connectivity index (χ1n) is 10.8. The van der Waals surface area contributed by atoms with Gasteiger partial charge in [0.1, 0.15) is 6.61 Å². The summed E-state index contributed by atoms with van der Waals surface area (Å²) in [5.41, 5.74) is 1.67. The Hall–Kier alpha value is -3.90. The van der Waals surface area contributed by atoms with E-state index in [1.807, 2.05) is 59.3 Å². The second-order valence-corrected chi connectivity index (χ2v) is 11.1. The molecule has 2 aromatic carbocycles. The molecule has 0 aliphatic carbocycles. The number of rotatable bonds is 6. The lowest BCUT2D eigenvalue weighted by molar-refractivity contribution is -0.114. The van der Waals surface area contributed by atoms with Gasteiger partial charge in [-0.05, 0) is 36.0 Å². The van der Waals surface area contributed by atoms with Gasteiger partial charge in [0.2, 0.25) is 19.4 Å². The molecule has 12 heteroatoms. The summed E-state index contributed by atoms with van der Waals surface area (Å²) in [4.78, 5) is 16.7. The molecule has 184 valence electrons. The van der Waals surface area contributed by atoms with E-state index < -0.39 is 15.7 Å². The summed E-state index contributed by atoms with van der Waals surface area (Å²) in [7, 11) is -2.01. The second-order valence-electron chi connectivity index (χ2n) is 7.95. The molecule has 5 rings (SSSR count). The molecule has 0 unspecified atom stereocenters. The minimum atomic E-state index is -3.60. The summed E-state index contributed by atoms with van der Waals surface area (Å²) in [6, 6.07) is 15.1. The standard InChI is InChI=1S/C24H21N5O5S2/c1-33-19-9-5-6-10-20(19)34-12-11-28-14-15(16-7-3-4-8-18(16)28)13-17-21(25)29-23(26-22(17)30)35-24(27-29)36(2,31)32/h3-10,13-14,25H,11-12H2,1-2H3/b17-13+,25-21?. The van der Waals surface area contributed by atoms with Crippen LogP contribution < -0.4 is 9.47 Å². The SMILES string of the molecule is COc1ccccc1OCCn1cc(/C=C2\C(=N)N3N=C(S(C)(=O)=O)SC3=NC2=O)c2ccccc21. The molecule has 1 aromatic heterocycles. The Kier molecular flexibility index (Phi) is 6.14. The molecule has 0 fully saturated rings. The maximum Gasteiger partial charge on any atom is 0.283 e. The quantitative estimate of drug-likeness (QED) is 0.491. The number of fused-ring (bicyclic) bond motifs is 2. The lowest BCUT2D eigenvalue weighted by atomic mass is 10.1. The van der Waals surface area contributed by atoms with Gasteiger partial charge in [-0.1, -0.05) is 30.3 Å². The number of hydrogen-bond acceptors (Lipinski definition) is 8. The van der Waals surface area contributed by atoms with E-state index in [2.05, 4.69) is 10.1 Å². The van der Waals surface area contributed by atoms with E-state index >= 15 is 0 Å². The van der Waals surface area contributed by atoms with Crippen molar-refractivity contribution in [2.24, 2.45) is 10.1 Å². The van der Waals surface area contributed by atoms with Crippen LogP contribution in [0.1, 0.15) is 5.56 Å². The van der Waals surface area contributed by atoms with E-state index in [1.54, 1.807) is 13.2 Å². The molecular weight excluding hydrogens is 502 g/mol. The molecule has 0 radical (unpaired) electrons. The smallest absolute Gasteiger partial charge is 0.283 e. The zero-order chi connectivity index (χ0) is 25.4. The van der Waals surface area contributed by atoms with E-state index in [4.69, 9.17) is 14.9 Å². The minimum Gasteiger partial charge on any atom is -0.493 e. The van der Waals surface area contributed by atoms with Gasteiger partial charge in [-0.2, -0.15) is 10.0 Å². The van der Waals surface area contributed by atoms with Crippen molar-refractivity contribution in [3.8, 4) is 11.5 Å². The fourth-order valence-corrected chi connectivity index (χ4v) is 5.53. The summed E-state index contributed by atoms with van der Waals surface area (Å²) >= 11 is 0.756. The van der Waals surface area contributed by atoms with Gasteiger partial charge >= 0.3 is 0 Å². The van der Waals surface area contributed by atoms with Crippen molar-refractivity contribution in [2.75, 3.05) is 20.0 Å². The van der Waals surface area contributed by atoms with Crippen LogP contribution >= 0.6 is 11.8 Å². The highest BCUT2D eigenvalue weighted by Gasteiger charge is 2.38. The number of para-hydroxylation sites is 3. The van der Waals surface area contributed by atoms with Gasteiger partial charge in [-0.3, -0.25) is 10.2 Å². The van der Waals surface area contributed by atoms with E-state index in [9.17, 15) is 13.2 Å². The number of carbonyl (C=O) groups excluding carboxylic acids is 1. The van der Waals surface area contributed by atoms with Gasteiger partial charge in [0.15, 0.2) is 17.3 Å². The monoisotopic (exact) mass is 523 g/mol. The Morgan fingerprint density at radius 3 is 2.58 bits per heavy atom. The molecule has 36 heavy (non-hydrogen) atoms. The van der Waals surface area contributed by atoms with Crippen LogP contribution in [0.3, 0.4) is 0 Å². The predicted molar refractivity (Wildman–Crippen MR) is 140 cm³/mol.